The summed E-state index contributed by atoms with van der Waals surface area (Å²) in [5.74, 6) is 0. The van der Waals surface area contributed by atoms with E-state index in [1.165, 1.54) is 40.5 Å². The van der Waals surface area contributed by atoms with Gasteiger partial charge in [0.05, 0.1) is 22.0 Å². The first-order valence-corrected chi connectivity index (χ1v) is 12.1. The Morgan fingerprint density at radius 3 is 2.77 bits per heavy atom. The number of pyridine rings is 1. The molecule has 0 aliphatic rings. The van der Waals surface area contributed by atoms with Crippen molar-refractivity contribution in [1.82, 2.24) is 24.5 Å². The first-order valence-electron chi connectivity index (χ1n) is 8.93. The van der Waals surface area contributed by atoms with Gasteiger partial charge in [-0.1, -0.05) is 6.07 Å². The maximum atomic E-state index is 12.3. The largest absolute Gasteiger partial charge is 0.268 e. The van der Waals surface area contributed by atoms with E-state index < -0.39 is 10.0 Å². The Morgan fingerprint density at radius 1 is 1.17 bits per heavy atom. The smallest absolute Gasteiger partial charge is 0.266 e. The van der Waals surface area contributed by atoms with Crippen molar-refractivity contribution in [2.24, 2.45) is 0 Å². The van der Waals surface area contributed by atoms with Crippen LogP contribution in [-0.4, -0.2) is 34.7 Å². The molecule has 0 saturated carbocycles. The molecule has 11 heteroatoms. The fraction of sp³-hybridized carbons (Fsp3) is 0.158. The van der Waals surface area contributed by atoms with Crippen LogP contribution in [0.5, 0.6) is 0 Å². The fourth-order valence-electron chi connectivity index (χ4n) is 2.75. The number of sulfonamides is 1. The summed E-state index contributed by atoms with van der Waals surface area (Å²) in [6.45, 7) is 2.03. The second-order valence-electron chi connectivity index (χ2n) is 6.28. The third kappa shape index (κ3) is 4.38. The van der Waals surface area contributed by atoms with Crippen molar-refractivity contribution in [2.45, 2.75) is 18.4 Å². The highest BCUT2D eigenvalue weighted by Gasteiger charge is 2.16. The van der Waals surface area contributed by atoms with Crippen molar-refractivity contribution in [3.63, 3.8) is 0 Å². The molecule has 0 spiro atoms. The van der Waals surface area contributed by atoms with E-state index >= 15 is 0 Å². The van der Waals surface area contributed by atoms with Crippen molar-refractivity contribution in [2.75, 3.05) is 6.54 Å². The number of hydrogen-bond donors (Lipinski definition) is 1. The minimum Gasteiger partial charge on any atom is -0.268 e. The summed E-state index contributed by atoms with van der Waals surface area (Å²) in [6.07, 6.45) is 2.77. The van der Waals surface area contributed by atoms with E-state index in [1.54, 1.807) is 23.5 Å². The maximum Gasteiger partial charge on any atom is 0.266 e. The van der Waals surface area contributed by atoms with Crippen LogP contribution in [0.2, 0.25) is 0 Å². The molecule has 0 aliphatic heterocycles. The molecule has 4 aromatic heterocycles. The molecule has 1 N–H and O–H groups in total. The van der Waals surface area contributed by atoms with Crippen LogP contribution in [0.4, 0.5) is 0 Å². The van der Waals surface area contributed by atoms with Crippen LogP contribution in [0.3, 0.4) is 0 Å². The molecule has 0 aromatic carbocycles. The summed E-state index contributed by atoms with van der Waals surface area (Å²) in [5, 5.41) is 7.32. The molecule has 30 heavy (non-hydrogen) atoms. The third-order valence-corrected chi connectivity index (χ3v) is 7.85. The number of hydrogen-bond acceptors (Lipinski definition) is 8. The Bertz CT molecular complexity index is 1310. The lowest BCUT2D eigenvalue weighted by atomic mass is 10.3. The summed E-state index contributed by atoms with van der Waals surface area (Å²) < 4.78 is 28.3. The minimum absolute atomic E-state index is 0.0235. The van der Waals surface area contributed by atoms with E-state index in [-0.39, 0.29) is 23.5 Å². The van der Waals surface area contributed by atoms with Crippen LogP contribution in [-0.2, 0) is 16.6 Å². The van der Waals surface area contributed by atoms with Gasteiger partial charge in [0.2, 0.25) is 10.0 Å². The minimum atomic E-state index is -3.70. The van der Waals surface area contributed by atoms with Gasteiger partial charge >= 0.3 is 0 Å². The second kappa shape index (κ2) is 8.56. The standard InChI is InChI=1S/C19H17N5O3S3/c1-13-18(29-19(22-13)16-5-3-11-28-16)15-6-7-17(25)24(23-15)10-9-21-30(26,27)14-4-2-8-20-12-14/h2-8,11-12,21H,9-10H2,1H3. The van der Waals surface area contributed by atoms with Crippen molar-refractivity contribution >= 4 is 32.7 Å². The zero-order valence-electron chi connectivity index (χ0n) is 15.8. The van der Waals surface area contributed by atoms with Gasteiger partial charge in [0.15, 0.2) is 0 Å². The predicted octanol–water partition coefficient (Wildman–Crippen LogP) is 2.78. The molecule has 4 rings (SSSR count). The van der Waals surface area contributed by atoms with Gasteiger partial charge in [-0.2, -0.15) is 5.10 Å². The van der Waals surface area contributed by atoms with Crippen LogP contribution in [0.15, 0.2) is 63.9 Å². The second-order valence-corrected chi connectivity index (χ2v) is 9.99. The van der Waals surface area contributed by atoms with E-state index in [9.17, 15) is 13.2 Å². The molecule has 154 valence electrons. The molecule has 0 radical (unpaired) electrons. The lowest BCUT2D eigenvalue weighted by molar-refractivity contribution is 0.548. The number of nitrogens with zero attached hydrogens (tertiary/aromatic N) is 4. The summed E-state index contributed by atoms with van der Waals surface area (Å²) in [4.78, 5) is 22.7. The predicted molar refractivity (Wildman–Crippen MR) is 117 cm³/mol. The van der Waals surface area contributed by atoms with Gasteiger partial charge in [-0.25, -0.2) is 22.8 Å². The third-order valence-electron chi connectivity index (χ3n) is 4.19. The average Bonchev–Trinajstić information content (AvgIpc) is 3.40. The summed E-state index contributed by atoms with van der Waals surface area (Å²) >= 11 is 3.13. The maximum absolute atomic E-state index is 12.3. The number of nitrogens with one attached hydrogen (secondary N) is 1. The fourth-order valence-corrected chi connectivity index (χ4v) is 5.56. The van der Waals surface area contributed by atoms with Gasteiger partial charge < -0.3 is 0 Å². The molecule has 8 nitrogen and oxygen atoms in total. The van der Waals surface area contributed by atoms with Gasteiger partial charge in [0.25, 0.3) is 5.56 Å². The molecular weight excluding hydrogens is 442 g/mol. The zero-order valence-corrected chi connectivity index (χ0v) is 18.3. The van der Waals surface area contributed by atoms with E-state index in [1.807, 2.05) is 24.4 Å². The number of aromatic nitrogens is 4. The van der Waals surface area contributed by atoms with Crippen molar-refractivity contribution in [3.05, 3.63) is 70.2 Å². The zero-order chi connectivity index (χ0) is 21.1. The first kappa shape index (κ1) is 20.5. The molecular formula is C19H17N5O3S3. The van der Waals surface area contributed by atoms with E-state index in [0.717, 1.165) is 20.5 Å². The monoisotopic (exact) mass is 459 g/mol. The summed E-state index contributed by atoms with van der Waals surface area (Å²) in [6, 6.07) is 10.1. The molecule has 4 aromatic rings. The summed E-state index contributed by atoms with van der Waals surface area (Å²) in [7, 11) is -3.70. The Kier molecular flexibility index (Phi) is 5.86. The molecule has 0 saturated heterocycles. The van der Waals surface area contributed by atoms with Crippen molar-refractivity contribution in [1.29, 1.82) is 0 Å². The van der Waals surface area contributed by atoms with Gasteiger partial charge in [-0.3, -0.25) is 9.78 Å². The lowest BCUT2D eigenvalue weighted by Gasteiger charge is -2.08. The van der Waals surface area contributed by atoms with Crippen LogP contribution in [0, 0.1) is 6.92 Å². The molecule has 0 aliphatic carbocycles. The summed E-state index contributed by atoms with van der Waals surface area (Å²) in [5.41, 5.74) is 1.15. The van der Waals surface area contributed by atoms with Crippen LogP contribution < -0.4 is 10.3 Å². The Labute approximate surface area is 181 Å². The SMILES string of the molecule is Cc1nc(-c2cccs2)sc1-c1ccc(=O)n(CCNS(=O)(=O)c2cccnc2)n1. The van der Waals surface area contributed by atoms with Gasteiger partial charge in [0.1, 0.15) is 15.6 Å². The van der Waals surface area contributed by atoms with Crippen LogP contribution in [0.25, 0.3) is 20.5 Å². The molecule has 0 amide bonds. The van der Waals surface area contributed by atoms with E-state index in [0.29, 0.717) is 5.69 Å². The highest BCUT2D eigenvalue weighted by molar-refractivity contribution is 7.89. The molecule has 0 unspecified atom stereocenters. The topological polar surface area (TPSA) is 107 Å². The molecule has 0 bridgehead atoms. The highest BCUT2D eigenvalue weighted by atomic mass is 32.2. The molecule has 4 heterocycles. The van der Waals surface area contributed by atoms with E-state index in [4.69, 9.17) is 0 Å². The van der Waals surface area contributed by atoms with Crippen molar-refractivity contribution < 1.29 is 8.42 Å². The number of thiazole rings is 1. The molecule has 0 atom stereocenters. The lowest BCUT2D eigenvalue weighted by Crippen LogP contribution is -2.32. The first-order chi connectivity index (χ1) is 14.4. The number of aryl methyl sites for hydroxylation is 1. The van der Waals surface area contributed by atoms with E-state index in [2.05, 4.69) is 19.8 Å². The highest BCUT2D eigenvalue weighted by Crippen LogP contribution is 2.35. The number of rotatable bonds is 7. The molecule has 0 fully saturated rings. The van der Waals surface area contributed by atoms with Gasteiger partial charge in [0, 0.05) is 25.0 Å². The Balaban J connectivity index is 1.53. The average molecular weight is 460 g/mol. The van der Waals surface area contributed by atoms with Crippen LogP contribution >= 0.6 is 22.7 Å². The quantitative estimate of drug-likeness (QED) is 0.455. The van der Waals surface area contributed by atoms with Gasteiger partial charge in [-0.15, -0.1) is 22.7 Å². The Morgan fingerprint density at radius 2 is 2.03 bits per heavy atom. The van der Waals surface area contributed by atoms with Crippen molar-refractivity contribution in [3.8, 4) is 20.5 Å². The normalized spacial score (nSPS) is 11.6. The Hall–Kier alpha value is -2.73. The van der Waals surface area contributed by atoms with Gasteiger partial charge in [-0.05, 0) is 36.6 Å². The number of thiophene rings is 1. The van der Waals surface area contributed by atoms with Crippen LogP contribution in [0.1, 0.15) is 5.69 Å².